The first-order valence-corrected chi connectivity index (χ1v) is 6.36. The number of H-pyrrole nitrogens is 1. The van der Waals surface area contributed by atoms with Gasteiger partial charge in [0.1, 0.15) is 5.82 Å². The third-order valence-electron chi connectivity index (χ3n) is 2.71. The molecule has 1 aromatic heterocycles. The monoisotopic (exact) mass is 293 g/mol. The van der Waals surface area contributed by atoms with E-state index in [0.29, 0.717) is 0 Å². The van der Waals surface area contributed by atoms with Gasteiger partial charge in [0.2, 0.25) is 0 Å². The van der Waals surface area contributed by atoms with Gasteiger partial charge in [-0.15, -0.1) is 0 Å². The van der Waals surface area contributed by atoms with Crippen molar-refractivity contribution in [1.29, 1.82) is 0 Å². The molecular formula is C13H16BrN3. The van der Waals surface area contributed by atoms with Gasteiger partial charge in [0.25, 0.3) is 0 Å². The lowest BCUT2D eigenvalue weighted by Gasteiger charge is -2.06. The summed E-state index contributed by atoms with van der Waals surface area (Å²) in [6.07, 6.45) is 1.87. The number of aromatic amines is 1. The van der Waals surface area contributed by atoms with E-state index in [1.807, 2.05) is 13.2 Å². The second-order valence-corrected chi connectivity index (χ2v) is 5.00. The summed E-state index contributed by atoms with van der Waals surface area (Å²) in [4.78, 5) is 7.72. The maximum Gasteiger partial charge on any atom is 0.137 e. The molecule has 2 aromatic rings. The van der Waals surface area contributed by atoms with Gasteiger partial charge in [0, 0.05) is 28.5 Å². The minimum absolute atomic E-state index is 0.807. The summed E-state index contributed by atoms with van der Waals surface area (Å²) in [6, 6.07) is 4.28. The lowest BCUT2D eigenvalue weighted by molar-refractivity contribution is 0.797. The van der Waals surface area contributed by atoms with Gasteiger partial charge in [0.05, 0.1) is 0 Å². The second-order valence-electron chi connectivity index (χ2n) is 4.21. The largest absolute Gasteiger partial charge is 0.341 e. The minimum atomic E-state index is 0.807. The summed E-state index contributed by atoms with van der Waals surface area (Å²) in [6.45, 7) is 5.00. The fourth-order valence-corrected chi connectivity index (χ4v) is 2.10. The number of rotatable bonds is 3. The Kier molecular flexibility index (Phi) is 3.64. The van der Waals surface area contributed by atoms with Crippen LogP contribution in [-0.2, 0) is 6.54 Å². The molecule has 0 aliphatic carbocycles. The number of hydrogen-bond donors (Lipinski definition) is 2. The maximum absolute atomic E-state index is 4.41. The molecule has 0 aliphatic rings. The van der Waals surface area contributed by atoms with Gasteiger partial charge in [-0.2, -0.15) is 0 Å². The van der Waals surface area contributed by atoms with Crippen molar-refractivity contribution in [2.24, 2.45) is 0 Å². The first kappa shape index (κ1) is 12.3. The Morgan fingerprint density at radius 2 is 1.94 bits per heavy atom. The van der Waals surface area contributed by atoms with E-state index in [1.165, 1.54) is 15.6 Å². The number of imidazole rings is 1. The quantitative estimate of drug-likeness (QED) is 0.913. The molecule has 0 aliphatic heterocycles. The van der Waals surface area contributed by atoms with Gasteiger partial charge < -0.3 is 10.3 Å². The van der Waals surface area contributed by atoms with Crippen LogP contribution in [0, 0.1) is 13.8 Å². The number of aryl methyl sites for hydroxylation is 2. The SMILES string of the molecule is CNCc1cnc(-c2cc(C)c(Br)c(C)c2)[nH]1. The average molecular weight is 294 g/mol. The number of nitrogens with zero attached hydrogens (tertiary/aromatic N) is 1. The van der Waals surface area contributed by atoms with Crippen molar-refractivity contribution in [1.82, 2.24) is 15.3 Å². The lowest BCUT2D eigenvalue weighted by atomic mass is 10.1. The molecule has 4 heteroatoms. The van der Waals surface area contributed by atoms with Gasteiger partial charge in [-0.25, -0.2) is 4.98 Å². The number of hydrogen-bond acceptors (Lipinski definition) is 2. The van der Waals surface area contributed by atoms with Crippen molar-refractivity contribution in [3.63, 3.8) is 0 Å². The van der Waals surface area contributed by atoms with Crippen LogP contribution < -0.4 is 5.32 Å². The highest BCUT2D eigenvalue weighted by atomic mass is 79.9. The standard InChI is InChI=1S/C13H16BrN3/c1-8-4-10(5-9(2)12(8)14)13-16-7-11(17-13)6-15-3/h4-5,7,15H,6H2,1-3H3,(H,16,17). The molecule has 0 radical (unpaired) electrons. The van der Waals surface area contributed by atoms with Crippen LogP contribution in [0.15, 0.2) is 22.8 Å². The van der Waals surface area contributed by atoms with Crippen LogP contribution in [0.25, 0.3) is 11.4 Å². The van der Waals surface area contributed by atoms with E-state index in [9.17, 15) is 0 Å². The third kappa shape index (κ3) is 2.58. The molecule has 0 bridgehead atoms. The Hall–Kier alpha value is -1.13. The van der Waals surface area contributed by atoms with Crippen molar-refractivity contribution in [2.75, 3.05) is 7.05 Å². The highest BCUT2D eigenvalue weighted by Crippen LogP contribution is 2.26. The zero-order chi connectivity index (χ0) is 12.4. The van der Waals surface area contributed by atoms with Gasteiger partial charge in [0.15, 0.2) is 0 Å². The van der Waals surface area contributed by atoms with Crippen molar-refractivity contribution in [3.8, 4) is 11.4 Å². The van der Waals surface area contributed by atoms with Crippen LogP contribution >= 0.6 is 15.9 Å². The van der Waals surface area contributed by atoms with Crippen LogP contribution in [0.4, 0.5) is 0 Å². The lowest BCUT2D eigenvalue weighted by Crippen LogP contribution is -2.04. The molecule has 2 N–H and O–H groups in total. The van der Waals surface area contributed by atoms with Crippen LogP contribution in [-0.4, -0.2) is 17.0 Å². The topological polar surface area (TPSA) is 40.7 Å². The van der Waals surface area contributed by atoms with Gasteiger partial charge in [-0.3, -0.25) is 0 Å². The molecule has 3 nitrogen and oxygen atoms in total. The summed E-state index contributed by atoms with van der Waals surface area (Å²) in [5.74, 6) is 0.925. The molecule has 2 rings (SSSR count). The van der Waals surface area contributed by atoms with E-state index in [0.717, 1.165) is 23.6 Å². The van der Waals surface area contributed by atoms with Crippen molar-refractivity contribution < 1.29 is 0 Å². The van der Waals surface area contributed by atoms with Crippen LogP contribution in [0.5, 0.6) is 0 Å². The molecule has 1 heterocycles. The molecule has 0 atom stereocenters. The summed E-state index contributed by atoms with van der Waals surface area (Å²) >= 11 is 3.58. The minimum Gasteiger partial charge on any atom is -0.341 e. The van der Waals surface area contributed by atoms with E-state index in [1.54, 1.807) is 0 Å². The molecule has 0 fully saturated rings. The predicted molar refractivity (Wildman–Crippen MR) is 74.0 cm³/mol. The Morgan fingerprint density at radius 3 is 2.53 bits per heavy atom. The van der Waals surface area contributed by atoms with E-state index in [4.69, 9.17) is 0 Å². The molecule has 17 heavy (non-hydrogen) atoms. The normalized spacial score (nSPS) is 10.8. The average Bonchev–Trinajstić information content (AvgIpc) is 2.74. The van der Waals surface area contributed by atoms with Gasteiger partial charge in [-0.05, 0) is 44.2 Å². The van der Waals surface area contributed by atoms with Crippen molar-refractivity contribution in [2.45, 2.75) is 20.4 Å². The van der Waals surface area contributed by atoms with Crippen molar-refractivity contribution in [3.05, 3.63) is 39.6 Å². The molecule has 0 saturated heterocycles. The first-order valence-electron chi connectivity index (χ1n) is 5.57. The van der Waals surface area contributed by atoms with E-state index in [-0.39, 0.29) is 0 Å². The Labute approximate surface area is 110 Å². The molecule has 1 aromatic carbocycles. The van der Waals surface area contributed by atoms with Crippen LogP contribution in [0.1, 0.15) is 16.8 Å². The summed E-state index contributed by atoms with van der Waals surface area (Å²) in [5.41, 5.74) is 4.68. The smallest absolute Gasteiger partial charge is 0.137 e. The van der Waals surface area contributed by atoms with Gasteiger partial charge in [-0.1, -0.05) is 15.9 Å². The second kappa shape index (κ2) is 5.02. The molecule has 0 saturated carbocycles. The summed E-state index contributed by atoms with van der Waals surface area (Å²) in [7, 11) is 1.93. The maximum atomic E-state index is 4.41. The molecule has 0 spiro atoms. The predicted octanol–water partition coefficient (Wildman–Crippen LogP) is 3.18. The van der Waals surface area contributed by atoms with Crippen LogP contribution in [0.2, 0.25) is 0 Å². The molecular weight excluding hydrogens is 278 g/mol. The Bertz CT molecular complexity index is 508. The number of nitrogens with one attached hydrogen (secondary N) is 2. The molecule has 90 valence electrons. The van der Waals surface area contributed by atoms with E-state index in [2.05, 4.69) is 57.2 Å². The Morgan fingerprint density at radius 1 is 1.29 bits per heavy atom. The zero-order valence-electron chi connectivity index (χ0n) is 10.3. The Balaban J connectivity index is 2.39. The van der Waals surface area contributed by atoms with E-state index < -0.39 is 0 Å². The highest BCUT2D eigenvalue weighted by molar-refractivity contribution is 9.10. The third-order valence-corrected chi connectivity index (χ3v) is 3.96. The molecule has 0 unspecified atom stereocenters. The summed E-state index contributed by atoms with van der Waals surface area (Å²) in [5, 5.41) is 3.10. The first-order chi connectivity index (χ1) is 8.11. The van der Waals surface area contributed by atoms with Crippen LogP contribution in [0.3, 0.4) is 0 Å². The fraction of sp³-hybridized carbons (Fsp3) is 0.308. The highest BCUT2D eigenvalue weighted by Gasteiger charge is 2.07. The van der Waals surface area contributed by atoms with Gasteiger partial charge >= 0.3 is 0 Å². The number of halogens is 1. The van der Waals surface area contributed by atoms with E-state index >= 15 is 0 Å². The summed E-state index contributed by atoms with van der Waals surface area (Å²) < 4.78 is 1.17. The molecule has 0 amide bonds. The number of aromatic nitrogens is 2. The van der Waals surface area contributed by atoms with Crippen molar-refractivity contribution >= 4 is 15.9 Å². The number of benzene rings is 1. The zero-order valence-corrected chi connectivity index (χ0v) is 11.9. The fourth-order valence-electron chi connectivity index (χ4n) is 1.87.